The van der Waals surface area contributed by atoms with E-state index < -0.39 is 0 Å². The van der Waals surface area contributed by atoms with Gasteiger partial charge in [0.1, 0.15) is 0 Å². The highest BCUT2D eigenvalue weighted by atomic mass is 35.5. The number of halogens is 1. The van der Waals surface area contributed by atoms with Crippen LogP contribution < -0.4 is 5.32 Å². The molecule has 0 saturated carbocycles. The molecule has 0 aromatic rings. The molecule has 0 aliphatic heterocycles. The van der Waals surface area contributed by atoms with Crippen LogP contribution in [0.4, 0.5) is 0 Å². The molecule has 0 spiro atoms. The lowest BCUT2D eigenvalue weighted by molar-refractivity contribution is -0.126. The van der Waals surface area contributed by atoms with E-state index in [1.807, 2.05) is 0 Å². The fourth-order valence-electron chi connectivity index (χ4n) is 2.15. The van der Waals surface area contributed by atoms with Gasteiger partial charge in [-0.1, -0.05) is 40.5 Å². The van der Waals surface area contributed by atoms with Gasteiger partial charge in [0.25, 0.3) is 0 Å². The lowest BCUT2D eigenvalue weighted by atomic mass is 9.96. The van der Waals surface area contributed by atoms with E-state index in [4.69, 9.17) is 11.6 Å². The van der Waals surface area contributed by atoms with Crippen LogP contribution >= 0.6 is 11.6 Å². The van der Waals surface area contributed by atoms with Crippen LogP contribution in [0.3, 0.4) is 0 Å². The summed E-state index contributed by atoms with van der Waals surface area (Å²) in [5, 5.41) is 3.10. The van der Waals surface area contributed by atoms with Crippen molar-refractivity contribution < 1.29 is 4.79 Å². The summed E-state index contributed by atoms with van der Waals surface area (Å²) < 4.78 is 0. The molecular weight excluding hydrogens is 234 g/mol. The Balaban J connectivity index is 4.24. The zero-order valence-corrected chi connectivity index (χ0v) is 12.5. The summed E-state index contributed by atoms with van der Waals surface area (Å²) in [6.45, 7) is 8.56. The molecular formula is C14H28ClNO. The summed E-state index contributed by atoms with van der Waals surface area (Å²) in [6.07, 6.45) is 5.05. The Morgan fingerprint density at radius 2 is 1.71 bits per heavy atom. The normalized spacial score (nSPS) is 13.1. The summed E-state index contributed by atoms with van der Waals surface area (Å²) in [7, 11) is 0. The summed E-state index contributed by atoms with van der Waals surface area (Å²) in [4.78, 5) is 12.1. The highest BCUT2D eigenvalue weighted by molar-refractivity contribution is 6.18. The molecule has 0 bridgehead atoms. The Hall–Kier alpha value is -0.240. The maximum atomic E-state index is 12.1. The van der Waals surface area contributed by atoms with Gasteiger partial charge in [-0.25, -0.2) is 0 Å². The number of carbonyl (C=O) groups excluding carboxylic acids is 1. The van der Waals surface area contributed by atoms with Crippen molar-refractivity contribution >= 4 is 17.5 Å². The van der Waals surface area contributed by atoms with Gasteiger partial charge in [-0.15, -0.1) is 11.6 Å². The van der Waals surface area contributed by atoms with E-state index in [1.165, 1.54) is 0 Å². The van der Waals surface area contributed by atoms with E-state index in [2.05, 4.69) is 33.0 Å². The largest absolute Gasteiger partial charge is 0.352 e. The topological polar surface area (TPSA) is 29.1 Å². The molecule has 1 amide bonds. The highest BCUT2D eigenvalue weighted by Crippen LogP contribution is 2.15. The van der Waals surface area contributed by atoms with Crippen molar-refractivity contribution in [2.24, 2.45) is 11.8 Å². The Kier molecular flexibility index (Phi) is 9.62. The molecule has 0 rings (SSSR count). The van der Waals surface area contributed by atoms with Gasteiger partial charge in [0.15, 0.2) is 0 Å². The molecule has 0 aromatic heterocycles. The van der Waals surface area contributed by atoms with Crippen LogP contribution in [-0.4, -0.2) is 17.8 Å². The maximum Gasteiger partial charge on any atom is 0.223 e. The van der Waals surface area contributed by atoms with E-state index in [0.717, 1.165) is 32.1 Å². The average Bonchev–Trinajstić information content (AvgIpc) is 2.27. The van der Waals surface area contributed by atoms with Crippen molar-refractivity contribution in [2.45, 2.75) is 65.8 Å². The highest BCUT2D eigenvalue weighted by Gasteiger charge is 2.20. The summed E-state index contributed by atoms with van der Waals surface area (Å²) in [5.41, 5.74) is 0. The van der Waals surface area contributed by atoms with E-state index in [9.17, 15) is 4.79 Å². The fraction of sp³-hybridized carbons (Fsp3) is 0.929. The first-order valence-electron chi connectivity index (χ1n) is 6.91. The molecule has 0 saturated heterocycles. The number of carbonyl (C=O) groups is 1. The molecule has 0 heterocycles. The van der Waals surface area contributed by atoms with Crippen molar-refractivity contribution in [3.05, 3.63) is 0 Å². The summed E-state index contributed by atoms with van der Waals surface area (Å²) in [6, 6.07) is 0.125. The molecule has 3 heteroatoms. The predicted molar refractivity (Wildman–Crippen MR) is 75.4 cm³/mol. The van der Waals surface area contributed by atoms with E-state index in [-0.39, 0.29) is 17.9 Å². The van der Waals surface area contributed by atoms with Crippen LogP contribution in [0, 0.1) is 11.8 Å². The summed E-state index contributed by atoms with van der Waals surface area (Å²) in [5.74, 6) is 1.44. The number of alkyl halides is 1. The Bertz CT molecular complexity index is 200. The molecule has 0 fully saturated rings. The molecule has 0 radical (unpaired) electrons. The molecule has 102 valence electrons. The van der Waals surface area contributed by atoms with Crippen LogP contribution in [0.25, 0.3) is 0 Å². The van der Waals surface area contributed by atoms with Crippen LogP contribution in [0.15, 0.2) is 0 Å². The predicted octanol–water partition coefficient (Wildman–Crippen LogP) is 3.97. The number of amides is 1. The van der Waals surface area contributed by atoms with Crippen LogP contribution in [0.2, 0.25) is 0 Å². The van der Waals surface area contributed by atoms with Crippen LogP contribution in [0.1, 0.15) is 59.8 Å². The molecule has 1 unspecified atom stereocenters. The third-order valence-electron chi connectivity index (χ3n) is 2.93. The van der Waals surface area contributed by atoms with Gasteiger partial charge in [0.2, 0.25) is 5.91 Å². The molecule has 17 heavy (non-hydrogen) atoms. The molecule has 1 N–H and O–H groups in total. The lowest BCUT2D eigenvalue weighted by Gasteiger charge is -2.22. The van der Waals surface area contributed by atoms with Gasteiger partial charge in [-0.3, -0.25) is 4.79 Å². The number of hydrogen-bond donors (Lipinski definition) is 1. The summed E-state index contributed by atoms with van der Waals surface area (Å²) >= 11 is 5.90. The molecule has 0 aliphatic carbocycles. The standard InChI is InChI=1S/C14H28ClNO/c1-5-7-12(8-6-2)14(17)16-13(10-15)9-11(3)4/h11-13H,5-10H2,1-4H3,(H,16,17). The first-order valence-corrected chi connectivity index (χ1v) is 7.44. The molecule has 0 aromatic carbocycles. The Labute approximate surface area is 111 Å². The van der Waals surface area contributed by atoms with Gasteiger partial charge in [-0.2, -0.15) is 0 Å². The maximum absolute atomic E-state index is 12.1. The van der Waals surface area contributed by atoms with E-state index in [0.29, 0.717) is 11.8 Å². The SMILES string of the molecule is CCCC(CCC)C(=O)NC(CCl)CC(C)C. The van der Waals surface area contributed by atoms with Crippen molar-refractivity contribution in [1.82, 2.24) is 5.32 Å². The number of rotatable bonds is 9. The minimum atomic E-state index is 0.125. The van der Waals surface area contributed by atoms with Crippen LogP contribution in [0.5, 0.6) is 0 Å². The zero-order chi connectivity index (χ0) is 13.3. The lowest BCUT2D eigenvalue weighted by Crippen LogP contribution is -2.40. The van der Waals surface area contributed by atoms with Gasteiger partial charge in [0, 0.05) is 17.8 Å². The van der Waals surface area contributed by atoms with Crippen molar-refractivity contribution in [3.8, 4) is 0 Å². The van der Waals surface area contributed by atoms with Crippen LogP contribution in [-0.2, 0) is 4.79 Å². The number of nitrogens with one attached hydrogen (secondary N) is 1. The first kappa shape index (κ1) is 16.8. The van der Waals surface area contributed by atoms with Gasteiger partial charge in [-0.05, 0) is 25.2 Å². The van der Waals surface area contributed by atoms with Gasteiger partial charge in [0.05, 0.1) is 0 Å². The van der Waals surface area contributed by atoms with E-state index in [1.54, 1.807) is 0 Å². The second-order valence-corrected chi connectivity index (χ2v) is 5.57. The second-order valence-electron chi connectivity index (χ2n) is 5.26. The van der Waals surface area contributed by atoms with Gasteiger partial charge < -0.3 is 5.32 Å². The fourth-order valence-corrected chi connectivity index (χ4v) is 2.36. The minimum absolute atomic E-state index is 0.125. The third kappa shape index (κ3) is 7.64. The van der Waals surface area contributed by atoms with Crippen molar-refractivity contribution in [1.29, 1.82) is 0 Å². The molecule has 1 atom stereocenters. The van der Waals surface area contributed by atoms with E-state index >= 15 is 0 Å². The van der Waals surface area contributed by atoms with Crippen molar-refractivity contribution in [2.75, 3.05) is 5.88 Å². The molecule has 0 aliphatic rings. The average molecular weight is 262 g/mol. The monoisotopic (exact) mass is 261 g/mol. The first-order chi connectivity index (χ1) is 8.04. The smallest absolute Gasteiger partial charge is 0.223 e. The quantitative estimate of drug-likeness (QED) is 0.625. The Morgan fingerprint density at radius 3 is 2.06 bits per heavy atom. The second kappa shape index (κ2) is 9.76. The number of hydrogen-bond acceptors (Lipinski definition) is 1. The minimum Gasteiger partial charge on any atom is -0.352 e. The van der Waals surface area contributed by atoms with Gasteiger partial charge >= 0.3 is 0 Å². The van der Waals surface area contributed by atoms with Crippen molar-refractivity contribution in [3.63, 3.8) is 0 Å². The third-order valence-corrected chi connectivity index (χ3v) is 3.31. The zero-order valence-electron chi connectivity index (χ0n) is 11.8. The molecule has 2 nitrogen and oxygen atoms in total. The Morgan fingerprint density at radius 1 is 1.18 bits per heavy atom.